The second-order valence-electron chi connectivity index (χ2n) is 7.98. The summed E-state index contributed by atoms with van der Waals surface area (Å²) in [6, 6.07) is 15.5. The molecule has 0 saturated heterocycles. The number of rotatable bonds is 2. The highest BCUT2D eigenvalue weighted by Crippen LogP contribution is 2.44. The smallest absolute Gasteiger partial charge is 0.316 e. The summed E-state index contributed by atoms with van der Waals surface area (Å²) in [5.41, 5.74) is 5.28. The minimum absolute atomic E-state index is 0.148. The van der Waals surface area contributed by atoms with Crippen LogP contribution < -0.4 is 10.6 Å². The van der Waals surface area contributed by atoms with Crippen molar-refractivity contribution in [1.82, 2.24) is 4.98 Å². The Hall–Kier alpha value is -3.54. The molecule has 0 bridgehead atoms. The molecular formula is C24H23N3O3. The van der Waals surface area contributed by atoms with Crippen molar-refractivity contribution in [3.63, 3.8) is 0 Å². The lowest BCUT2D eigenvalue weighted by Crippen LogP contribution is -2.39. The topological polar surface area (TPSA) is 83.2 Å². The van der Waals surface area contributed by atoms with Crippen LogP contribution in [-0.4, -0.2) is 23.8 Å². The van der Waals surface area contributed by atoms with Crippen LogP contribution in [0, 0.1) is 11.8 Å². The van der Waals surface area contributed by atoms with Gasteiger partial charge in [-0.2, -0.15) is 0 Å². The number of nitrogens with one attached hydrogen (secondary N) is 3. The van der Waals surface area contributed by atoms with Crippen LogP contribution >= 0.6 is 0 Å². The van der Waals surface area contributed by atoms with Gasteiger partial charge in [0.2, 0.25) is 0 Å². The van der Waals surface area contributed by atoms with E-state index in [-0.39, 0.29) is 17.7 Å². The first-order valence-electron chi connectivity index (χ1n) is 10.1. The summed E-state index contributed by atoms with van der Waals surface area (Å²) in [4.78, 5) is 29.4. The van der Waals surface area contributed by atoms with Crippen molar-refractivity contribution < 1.29 is 14.3 Å². The Morgan fingerprint density at radius 1 is 1.07 bits per heavy atom. The van der Waals surface area contributed by atoms with E-state index < -0.39 is 11.9 Å². The first kappa shape index (κ1) is 18.5. The first-order chi connectivity index (χ1) is 14.6. The molecule has 6 heteroatoms. The fourth-order valence-electron chi connectivity index (χ4n) is 4.70. The van der Waals surface area contributed by atoms with Gasteiger partial charge in [0.05, 0.1) is 24.5 Å². The second kappa shape index (κ2) is 7.06. The van der Waals surface area contributed by atoms with E-state index in [4.69, 9.17) is 4.74 Å². The lowest BCUT2D eigenvalue weighted by Gasteiger charge is -2.32. The molecule has 2 aromatic carbocycles. The van der Waals surface area contributed by atoms with Crippen LogP contribution in [0.25, 0.3) is 10.9 Å². The zero-order valence-electron chi connectivity index (χ0n) is 16.9. The number of ketones is 1. The van der Waals surface area contributed by atoms with Gasteiger partial charge in [0.25, 0.3) is 0 Å². The van der Waals surface area contributed by atoms with E-state index in [0.29, 0.717) is 12.0 Å². The van der Waals surface area contributed by atoms with Gasteiger partial charge in [-0.15, -0.1) is 0 Å². The number of para-hydroxylation sites is 3. The Bertz CT molecular complexity index is 1190. The summed E-state index contributed by atoms with van der Waals surface area (Å²) < 4.78 is 4.97. The molecule has 30 heavy (non-hydrogen) atoms. The number of aromatic amines is 1. The number of anilines is 2. The van der Waals surface area contributed by atoms with Crippen molar-refractivity contribution in [2.45, 2.75) is 19.4 Å². The highest BCUT2D eigenvalue weighted by Gasteiger charge is 2.44. The van der Waals surface area contributed by atoms with Gasteiger partial charge in [0, 0.05) is 33.9 Å². The van der Waals surface area contributed by atoms with Crippen molar-refractivity contribution >= 4 is 34.0 Å². The van der Waals surface area contributed by atoms with Crippen LogP contribution in [-0.2, 0) is 14.3 Å². The fraction of sp³-hybridized carbons (Fsp3) is 0.250. The zero-order chi connectivity index (χ0) is 20.8. The van der Waals surface area contributed by atoms with E-state index >= 15 is 0 Å². The maximum absolute atomic E-state index is 13.7. The van der Waals surface area contributed by atoms with Crippen LogP contribution in [0.15, 0.2) is 66.0 Å². The van der Waals surface area contributed by atoms with Gasteiger partial charge in [-0.1, -0.05) is 37.3 Å². The Kier molecular flexibility index (Phi) is 4.35. The largest absolute Gasteiger partial charge is 0.468 e. The molecule has 152 valence electrons. The predicted octanol–water partition coefficient (Wildman–Crippen LogP) is 4.40. The van der Waals surface area contributed by atoms with Crippen molar-refractivity contribution in [3.05, 3.63) is 71.6 Å². The molecule has 0 amide bonds. The molecule has 1 aromatic heterocycles. The van der Waals surface area contributed by atoms with E-state index in [1.54, 1.807) is 0 Å². The van der Waals surface area contributed by atoms with E-state index in [1.165, 1.54) is 7.11 Å². The number of H-pyrrole nitrogens is 1. The molecule has 3 atom stereocenters. The number of allylic oxidation sites excluding steroid dienone is 1. The number of hydrogen-bond donors (Lipinski definition) is 3. The summed E-state index contributed by atoms with van der Waals surface area (Å²) in [6.07, 6.45) is 2.54. The SMILES string of the molecule is COC(=O)[C@H]1C(=O)C2=C(C[C@H]1C)Nc1ccccc1N[C@@H]2c1c[nH]c2ccccc12. The van der Waals surface area contributed by atoms with Gasteiger partial charge >= 0.3 is 5.97 Å². The lowest BCUT2D eigenvalue weighted by molar-refractivity contribution is -0.151. The van der Waals surface area contributed by atoms with Gasteiger partial charge in [0.15, 0.2) is 5.78 Å². The van der Waals surface area contributed by atoms with Crippen molar-refractivity contribution in [2.24, 2.45) is 11.8 Å². The van der Waals surface area contributed by atoms with Gasteiger partial charge in [-0.3, -0.25) is 9.59 Å². The van der Waals surface area contributed by atoms with Gasteiger partial charge < -0.3 is 20.4 Å². The molecule has 2 aliphatic rings. The average Bonchev–Trinajstić information content (AvgIpc) is 3.10. The predicted molar refractivity (Wildman–Crippen MR) is 116 cm³/mol. The quantitative estimate of drug-likeness (QED) is 0.438. The zero-order valence-corrected chi connectivity index (χ0v) is 16.9. The number of Topliss-reactive ketones (excluding diaryl/α,β-unsaturated/α-hetero) is 1. The van der Waals surface area contributed by atoms with E-state index in [0.717, 1.165) is 33.5 Å². The Labute approximate surface area is 174 Å². The standard InChI is InChI=1S/C24H23N3O3/c1-13-11-19-21(23(28)20(13)24(29)30-2)22(27-18-10-6-5-9-17(18)26-19)15-12-25-16-8-4-3-7-14(15)16/h3-10,12-13,20,22,25-27H,11H2,1-2H3/t13-,20-,22-/m1/s1. The van der Waals surface area contributed by atoms with Crippen molar-refractivity contribution in [3.8, 4) is 0 Å². The second-order valence-corrected chi connectivity index (χ2v) is 7.98. The number of carbonyl (C=O) groups is 2. The number of ether oxygens (including phenoxy) is 1. The van der Waals surface area contributed by atoms with Crippen LogP contribution in [0.5, 0.6) is 0 Å². The molecule has 3 N–H and O–H groups in total. The van der Waals surface area contributed by atoms with Gasteiger partial charge in [-0.25, -0.2) is 0 Å². The molecule has 0 fully saturated rings. The molecule has 0 unspecified atom stereocenters. The minimum atomic E-state index is -0.800. The summed E-state index contributed by atoms with van der Waals surface area (Å²) in [5, 5.41) is 8.08. The van der Waals surface area contributed by atoms with Gasteiger partial charge in [0.1, 0.15) is 5.92 Å². The normalized spacial score (nSPS) is 23.1. The Balaban J connectivity index is 1.71. The molecular weight excluding hydrogens is 378 g/mol. The maximum Gasteiger partial charge on any atom is 0.316 e. The number of esters is 1. The number of methoxy groups -OCH3 is 1. The molecule has 2 heterocycles. The lowest BCUT2D eigenvalue weighted by atomic mass is 9.75. The Morgan fingerprint density at radius 3 is 2.60 bits per heavy atom. The number of fused-ring (bicyclic) bond motifs is 2. The molecule has 5 rings (SSSR count). The molecule has 3 aromatic rings. The maximum atomic E-state index is 13.7. The fourth-order valence-corrected chi connectivity index (χ4v) is 4.70. The first-order valence-corrected chi connectivity index (χ1v) is 10.1. The van der Waals surface area contributed by atoms with Crippen molar-refractivity contribution in [2.75, 3.05) is 17.7 Å². The third-order valence-electron chi connectivity index (χ3n) is 6.16. The van der Waals surface area contributed by atoms with Crippen LogP contribution in [0.1, 0.15) is 24.9 Å². The van der Waals surface area contributed by atoms with Crippen LogP contribution in [0.2, 0.25) is 0 Å². The van der Waals surface area contributed by atoms with E-state index in [2.05, 4.69) is 15.6 Å². The van der Waals surface area contributed by atoms with E-state index in [1.807, 2.05) is 61.7 Å². The minimum Gasteiger partial charge on any atom is -0.468 e. The molecule has 1 aliphatic carbocycles. The summed E-state index contributed by atoms with van der Waals surface area (Å²) in [6.45, 7) is 1.93. The highest BCUT2D eigenvalue weighted by atomic mass is 16.5. The molecule has 0 spiro atoms. The molecule has 6 nitrogen and oxygen atoms in total. The molecule has 0 saturated carbocycles. The van der Waals surface area contributed by atoms with E-state index in [9.17, 15) is 9.59 Å². The number of carbonyl (C=O) groups excluding carboxylic acids is 2. The highest BCUT2D eigenvalue weighted by molar-refractivity contribution is 6.11. The Morgan fingerprint density at radius 2 is 1.80 bits per heavy atom. The summed E-state index contributed by atoms with van der Waals surface area (Å²) in [5.74, 6) is -1.60. The monoisotopic (exact) mass is 401 g/mol. The third-order valence-corrected chi connectivity index (χ3v) is 6.16. The van der Waals surface area contributed by atoms with Crippen LogP contribution in [0.4, 0.5) is 11.4 Å². The number of hydrogen-bond acceptors (Lipinski definition) is 5. The summed E-state index contributed by atoms with van der Waals surface area (Å²) >= 11 is 0. The molecule has 1 aliphatic heterocycles. The van der Waals surface area contributed by atoms with Crippen molar-refractivity contribution in [1.29, 1.82) is 0 Å². The number of aromatic nitrogens is 1. The summed E-state index contributed by atoms with van der Waals surface area (Å²) in [7, 11) is 1.34. The third kappa shape index (κ3) is 2.79. The molecule has 0 radical (unpaired) electrons. The van der Waals surface area contributed by atoms with Crippen LogP contribution in [0.3, 0.4) is 0 Å². The average molecular weight is 401 g/mol. The van der Waals surface area contributed by atoms with Gasteiger partial charge in [-0.05, 0) is 30.5 Å². The number of benzene rings is 2.